The van der Waals surface area contributed by atoms with Gasteiger partial charge in [-0.3, -0.25) is 9.59 Å². The van der Waals surface area contributed by atoms with Gasteiger partial charge in [-0.25, -0.2) is 0 Å². The van der Waals surface area contributed by atoms with Crippen molar-refractivity contribution < 1.29 is 14.3 Å². The maximum Gasteiger partial charge on any atom is 0.315 e. The number of carbonyl (C=O) groups excluding carboxylic acids is 2. The van der Waals surface area contributed by atoms with Crippen LogP contribution in [0.2, 0.25) is 0 Å². The van der Waals surface area contributed by atoms with Gasteiger partial charge in [0.15, 0.2) is 0 Å². The number of nitrogens with zero attached hydrogens (tertiary/aromatic N) is 3. The molecule has 1 aliphatic rings. The van der Waals surface area contributed by atoms with Crippen LogP contribution in [0.25, 0.3) is 10.4 Å². The molecule has 0 saturated heterocycles. The average molecular weight is 314 g/mol. The van der Waals surface area contributed by atoms with Crippen molar-refractivity contribution >= 4 is 11.9 Å². The molecule has 120 valence electrons. The number of hydrogen-bond acceptors (Lipinski definition) is 4. The number of allylic oxidation sites excluding steroid dienone is 1. The van der Waals surface area contributed by atoms with Crippen molar-refractivity contribution in [3.8, 4) is 0 Å². The minimum Gasteiger partial charge on any atom is -0.463 e. The minimum atomic E-state index is -0.886. The van der Waals surface area contributed by atoms with E-state index in [9.17, 15) is 9.59 Å². The molecule has 2 atom stereocenters. The van der Waals surface area contributed by atoms with Gasteiger partial charge in [-0.1, -0.05) is 47.6 Å². The van der Waals surface area contributed by atoms with E-state index in [2.05, 4.69) is 15.3 Å². The van der Waals surface area contributed by atoms with Gasteiger partial charge in [-0.2, -0.15) is 0 Å². The Balaban J connectivity index is 2.18. The van der Waals surface area contributed by atoms with Crippen LogP contribution in [0.15, 0.2) is 47.6 Å². The maximum absolute atomic E-state index is 12.0. The first-order valence-corrected chi connectivity index (χ1v) is 7.41. The number of amides is 1. The number of carbonyl (C=O) groups is 2. The first-order valence-electron chi connectivity index (χ1n) is 7.41. The van der Waals surface area contributed by atoms with Crippen LogP contribution in [0, 0.1) is 0 Å². The minimum absolute atomic E-state index is 0.00422. The summed E-state index contributed by atoms with van der Waals surface area (Å²) < 4.78 is 5.24. The van der Waals surface area contributed by atoms with Gasteiger partial charge in [-0.05, 0) is 23.9 Å². The lowest BCUT2D eigenvalue weighted by atomic mass is 10.1. The van der Waals surface area contributed by atoms with Crippen LogP contribution in [0.5, 0.6) is 0 Å². The maximum atomic E-state index is 12.0. The fraction of sp³-hybridized carbons (Fsp3) is 0.375. The third-order valence-electron chi connectivity index (χ3n) is 3.46. The number of rotatable bonds is 2. The van der Waals surface area contributed by atoms with Gasteiger partial charge in [0.25, 0.3) is 0 Å². The molecule has 0 bridgehead atoms. The summed E-state index contributed by atoms with van der Waals surface area (Å²) >= 11 is 0. The van der Waals surface area contributed by atoms with Crippen molar-refractivity contribution in [1.29, 1.82) is 0 Å². The van der Waals surface area contributed by atoms with Crippen molar-refractivity contribution in [2.75, 3.05) is 6.61 Å². The second kappa shape index (κ2) is 8.60. The Morgan fingerprint density at radius 3 is 2.74 bits per heavy atom. The SMILES string of the molecule is [N-]=[N+]=N[C@@H]1C/C=C/CCC(=O)N[C@H](c2ccccc2)COC1=O. The molecule has 0 radical (unpaired) electrons. The van der Waals surface area contributed by atoms with E-state index in [1.165, 1.54) is 0 Å². The zero-order valence-corrected chi connectivity index (χ0v) is 12.6. The van der Waals surface area contributed by atoms with Crippen LogP contribution in [0.4, 0.5) is 0 Å². The van der Waals surface area contributed by atoms with Crippen LogP contribution >= 0.6 is 0 Å². The van der Waals surface area contributed by atoms with E-state index in [0.717, 1.165) is 5.56 Å². The summed E-state index contributed by atoms with van der Waals surface area (Å²) in [5, 5.41) is 6.34. The standard InChI is InChI=1S/C16H18N4O3/c17-20-19-13-9-5-2-6-10-15(21)18-14(11-23-16(13)22)12-7-3-1-4-8-12/h1-5,7-8,13-14H,6,9-11H2,(H,18,21)/b5-2+/t13-,14+/m1/s1. The predicted octanol–water partition coefficient (Wildman–Crippen LogP) is 2.81. The van der Waals surface area contributed by atoms with E-state index in [-0.39, 0.29) is 18.9 Å². The molecular formula is C16H18N4O3. The monoisotopic (exact) mass is 314 g/mol. The topological polar surface area (TPSA) is 104 Å². The zero-order valence-electron chi connectivity index (χ0n) is 12.6. The van der Waals surface area contributed by atoms with Crippen LogP contribution in [0.3, 0.4) is 0 Å². The molecule has 1 N–H and O–H groups in total. The number of cyclic esters (lactones) is 1. The van der Waals surface area contributed by atoms with E-state index in [4.69, 9.17) is 10.3 Å². The molecule has 1 aromatic rings. The molecule has 7 nitrogen and oxygen atoms in total. The van der Waals surface area contributed by atoms with E-state index in [1.807, 2.05) is 30.3 Å². The van der Waals surface area contributed by atoms with Crippen molar-refractivity contribution in [3.05, 3.63) is 58.5 Å². The van der Waals surface area contributed by atoms with E-state index < -0.39 is 18.1 Å². The van der Waals surface area contributed by atoms with Gasteiger partial charge in [0.05, 0.1) is 6.04 Å². The molecule has 1 aliphatic heterocycles. The molecule has 1 aromatic carbocycles. The first-order chi connectivity index (χ1) is 11.2. The van der Waals surface area contributed by atoms with Gasteiger partial charge >= 0.3 is 5.97 Å². The summed E-state index contributed by atoms with van der Waals surface area (Å²) in [4.78, 5) is 26.7. The first kappa shape index (κ1) is 16.6. The number of ether oxygens (including phenoxy) is 1. The summed E-state index contributed by atoms with van der Waals surface area (Å²) in [6.07, 6.45) is 4.70. The Hall–Kier alpha value is -2.79. The third kappa shape index (κ3) is 5.16. The molecule has 7 heteroatoms. The highest BCUT2D eigenvalue weighted by atomic mass is 16.5. The summed E-state index contributed by atoms with van der Waals surface area (Å²) in [6, 6.07) is 7.97. The van der Waals surface area contributed by atoms with Gasteiger partial charge < -0.3 is 10.1 Å². The average Bonchev–Trinajstić information content (AvgIpc) is 2.56. The molecule has 0 aliphatic carbocycles. The van der Waals surface area contributed by atoms with Crippen LogP contribution in [-0.2, 0) is 14.3 Å². The second-order valence-electron chi connectivity index (χ2n) is 5.13. The lowest BCUT2D eigenvalue weighted by molar-refractivity contribution is -0.146. The predicted molar refractivity (Wildman–Crippen MR) is 84.2 cm³/mol. The Labute approximate surface area is 134 Å². The van der Waals surface area contributed by atoms with Gasteiger partial charge in [0, 0.05) is 11.3 Å². The molecule has 1 amide bonds. The third-order valence-corrected chi connectivity index (χ3v) is 3.46. The number of azide groups is 1. The Morgan fingerprint density at radius 2 is 2.00 bits per heavy atom. The normalized spacial score (nSPS) is 24.2. The molecule has 0 fully saturated rings. The molecule has 1 heterocycles. The highest BCUT2D eigenvalue weighted by Crippen LogP contribution is 2.15. The lowest BCUT2D eigenvalue weighted by Crippen LogP contribution is -2.33. The van der Waals surface area contributed by atoms with E-state index in [1.54, 1.807) is 12.2 Å². The fourth-order valence-electron chi connectivity index (χ4n) is 2.24. The van der Waals surface area contributed by atoms with E-state index >= 15 is 0 Å². The summed E-state index contributed by atoms with van der Waals surface area (Å²) in [5.74, 6) is -0.699. The largest absolute Gasteiger partial charge is 0.463 e. The van der Waals surface area contributed by atoms with Crippen molar-refractivity contribution in [2.45, 2.75) is 31.3 Å². The molecule has 0 saturated carbocycles. The van der Waals surface area contributed by atoms with Gasteiger partial charge in [0.1, 0.15) is 12.6 Å². The molecule has 0 spiro atoms. The Bertz CT molecular complexity index is 623. The van der Waals surface area contributed by atoms with Gasteiger partial charge in [0.2, 0.25) is 5.91 Å². The summed E-state index contributed by atoms with van der Waals surface area (Å²) in [7, 11) is 0. The molecule has 2 rings (SSSR count). The second-order valence-corrected chi connectivity index (χ2v) is 5.13. The van der Waals surface area contributed by atoms with Crippen LogP contribution in [-0.4, -0.2) is 24.5 Å². The van der Waals surface area contributed by atoms with Crippen LogP contribution in [0.1, 0.15) is 30.9 Å². The Morgan fingerprint density at radius 1 is 1.22 bits per heavy atom. The zero-order chi connectivity index (χ0) is 16.5. The quantitative estimate of drug-likeness (QED) is 0.298. The summed E-state index contributed by atoms with van der Waals surface area (Å²) in [6.45, 7) is -0.00422. The Kier molecular flexibility index (Phi) is 6.20. The highest BCUT2D eigenvalue weighted by molar-refractivity contribution is 5.77. The number of hydrogen-bond donors (Lipinski definition) is 1. The number of esters is 1. The van der Waals surface area contributed by atoms with E-state index in [0.29, 0.717) is 12.8 Å². The van der Waals surface area contributed by atoms with Crippen molar-refractivity contribution in [1.82, 2.24) is 5.32 Å². The summed E-state index contributed by atoms with van der Waals surface area (Å²) in [5.41, 5.74) is 9.41. The highest BCUT2D eigenvalue weighted by Gasteiger charge is 2.21. The molecular weight excluding hydrogens is 296 g/mol. The van der Waals surface area contributed by atoms with Crippen molar-refractivity contribution in [3.63, 3.8) is 0 Å². The molecule has 0 aromatic heterocycles. The van der Waals surface area contributed by atoms with Crippen LogP contribution < -0.4 is 5.32 Å². The smallest absolute Gasteiger partial charge is 0.315 e. The molecule has 0 unspecified atom stereocenters. The van der Waals surface area contributed by atoms with Crippen molar-refractivity contribution in [2.24, 2.45) is 5.11 Å². The molecule has 23 heavy (non-hydrogen) atoms. The fourth-order valence-corrected chi connectivity index (χ4v) is 2.24. The number of nitrogens with one attached hydrogen (secondary N) is 1. The van der Waals surface area contributed by atoms with Gasteiger partial charge in [-0.15, -0.1) is 0 Å². The lowest BCUT2D eigenvalue weighted by Gasteiger charge is -2.20. The number of benzene rings is 1.